The summed E-state index contributed by atoms with van der Waals surface area (Å²) in [5.41, 5.74) is 14.7. The number of hydrogen-bond acceptors (Lipinski definition) is 3. The molecule has 0 radical (unpaired) electrons. The zero-order valence-corrected chi connectivity index (χ0v) is 27.4. The fourth-order valence-corrected chi connectivity index (χ4v) is 7.70. The average Bonchev–Trinajstić information content (AvgIpc) is 3.88. The standard InChI is InChI=1S/C48H28O3/c1-3-13-43-37(11-1)39-25-33(15-19-45(39)49-43)31-9-5-7-29(23-31)30-8-6-10-32(24-30)34-16-21-47-41(27-34)42-28-36(18-22-48(42)51-47)35-17-20-46-40(26-35)38-12-2-4-14-44(38)50-46/h1-28H. The van der Waals surface area contributed by atoms with Gasteiger partial charge in [0, 0.05) is 32.3 Å². The monoisotopic (exact) mass is 652 g/mol. The van der Waals surface area contributed by atoms with Crippen LogP contribution in [-0.4, -0.2) is 0 Å². The lowest BCUT2D eigenvalue weighted by Gasteiger charge is -2.09. The van der Waals surface area contributed by atoms with Crippen LogP contribution in [0.1, 0.15) is 0 Å². The van der Waals surface area contributed by atoms with Crippen molar-refractivity contribution >= 4 is 65.8 Å². The molecule has 0 aliphatic heterocycles. The number of fused-ring (bicyclic) bond motifs is 9. The van der Waals surface area contributed by atoms with E-state index in [0.29, 0.717) is 0 Å². The quantitative estimate of drug-likeness (QED) is 0.190. The molecule has 3 aromatic heterocycles. The van der Waals surface area contributed by atoms with E-state index in [1.54, 1.807) is 0 Å². The van der Waals surface area contributed by atoms with Gasteiger partial charge >= 0.3 is 0 Å². The van der Waals surface area contributed by atoms with Crippen molar-refractivity contribution in [3.63, 3.8) is 0 Å². The molecule has 3 nitrogen and oxygen atoms in total. The topological polar surface area (TPSA) is 39.4 Å². The molecule has 0 saturated heterocycles. The predicted molar refractivity (Wildman–Crippen MR) is 210 cm³/mol. The van der Waals surface area contributed by atoms with Gasteiger partial charge in [0.05, 0.1) is 0 Å². The zero-order valence-electron chi connectivity index (χ0n) is 27.4. The molecule has 8 aromatic carbocycles. The number of furan rings is 3. The summed E-state index contributed by atoms with van der Waals surface area (Å²) < 4.78 is 18.5. The van der Waals surface area contributed by atoms with E-state index in [-0.39, 0.29) is 0 Å². The van der Waals surface area contributed by atoms with Gasteiger partial charge in [0.1, 0.15) is 33.5 Å². The summed E-state index contributed by atoms with van der Waals surface area (Å²) in [6, 6.07) is 59.9. The van der Waals surface area contributed by atoms with E-state index in [2.05, 4.69) is 146 Å². The highest BCUT2D eigenvalue weighted by atomic mass is 16.3. The van der Waals surface area contributed by atoms with Crippen molar-refractivity contribution < 1.29 is 13.3 Å². The van der Waals surface area contributed by atoms with Gasteiger partial charge in [0.15, 0.2) is 0 Å². The molecule has 3 heteroatoms. The van der Waals surface area contributed by atoms with Crippen LogP contribution in [0, 0.1) is 0 Å². The van der Waals surface area contributed by atoms with E-state index >= 15 is 0 Å². The Hall–Kier alpha value is -6.84. The molecule has 0 saturated carbocycles. The van der Waals surface area contributed by atoms with Crippen molar-refractivity contribution in [1.82, 2.24) is 0 Å². The molecule has 0 N–H and O–H groups in total. The Morgan fingerprint density at radius 3 is 0.824 bits per heavy atom. The molecule has 51 heavy (non-hydrogen) atoms. The van der Waals surface area contributed by atoms with Crippen LogP contribution in [0.2, 0.25) is 0 Å². The molecule has 0 aliphatic rings. The first-order chi connectivity index (χ1) is 25.2. The minimum Gasteiger partial charge on any atom is -0.456 e. The molecule has 0 spiro atoms. The molecule has 0 atom stereocenters. The van der Waals surface area contributed by atoms with Crippen LogP contribution in [0.25, 0.3) is 110 Å². The van der Waals surface area contributed by atoms with Crippen molar-refractivity contribution in [1.29, 1.82) is 0 Å². The van der Waals surface area contributed by atoms with Gasteiger partial charge in [0.2, 0.25) is 0 Å². The van der Waals surface area contributed by atoms with E-state index in [1.807, 2.05) is 24.3 Å². The Bertz CT molecular complexity index is 3150. The minimum atomic E-state index is 0.882. The molecule has 0 aliphatic carbocycles. The molecule has 11 aromatic rings. The molecule has 11 rings (SSSR count). The second-order valence-corrected chi connectivity index (χ2v) is 13.3. The number of hydrogen-bond donors (Lipinski definition) is 0. The number of rotatable bonds is 4. The number of benzene rings is 8. The maximum atomic E-state index is 6.32. The Morgan fingerprint density at radius 2 is 0.471 bits per heavy atom. The third-order valence-electron chi connectivity index (χ3n) is 10.3. The molecular formula is C48H28O3. The SMILES string of the molecule is c1cc(-c2cccc(-c3ccc4oc5ccc(-c6ccc7oc8ccccc8c7c6)cc5c4c3)c2)cc(-c2ccc3oc4ccccc4c3c2)c1. The normalized spacial score (nSPS) is 11.9. The van der Waals surface area contributed by atoms with E-state index in [4.69, 9.17) is 13.3 Å². The van der Waals surface area contributed by atoms with Crippen LogP contribution in [0.15, 0.2) is 183 Å². The van der Waals surface area contributed by atoms with E-state index in [1.165, 1.54) is 22.3 Å². The van der Waals surface area contributed by atoms with Crippen molar-refractivity contribution in [2.45, 2.75) is 0 Å². The average molecular weight is 653 g/mol. The van der Waals surface area contributed by atoms with Crippen LogP contribution >= 0.6 is 0 Å². The van der Waals surface area contributed by atoms with Gasteiger partial charge in [-0.05, 0) is 117 Å². The van der Waals surface area contributed by atoms with Crippen molar-refractivity contribution in [3.8, 4) is 44.5 Å². The summed E-state index contributed by atoms with van der Waals surface area (Å²) >= 11 is 0. The van der Waals surface area contributed by atoms with Gasteiger partial charge in [-0.1, -0.05) is 97.1 Å². The molecule has 0 bridgehead atoms. The lowest BCUT2D eigenvalue weighted by Crippen LogP contribution is -1.84. The largest absolute Gasteiger partial charge is 0.456 e. The predicted octanol–water partition coefficient (Wildman–Crippen LogP) is 14.1. The highest BCUT2D eigenvalue weighted by Crippen LogP contribution is 2.39. The first-order valence-electron chi connectivity index (χ1n) is 17.2. The second-order valence-electron chi connectivity index (χ2n) is 13.3. The lowest BCUT2D eigenvalue weighted by molar-refractivity contribution is 0.668. The fraction of sp³-hybridized carbons (Fsp3) is 0. The van der Waals surface area contributed by atoms with Crippen LogP contribution in [0.4, 0.5) is 0 Å². The van der Waals surface area contributed by atoms with Gasteiger partial charge < -0.3 is 13.3 Å². The smallest absolute Gasteiger partial charge is 0.135 e. The van der Waals surface area contributed by atoms with Gasteiger partial charge in [-0.25, -0.2) is 0 Å². The van der Waals surface area contributed by atoms with Gasteiger partial charge in [0.25, 0.3) is 0 Å². The summed E-state index contributed by atoms with van der Waals surface area (Å²) in [6.45, 7) is 0. The summed E-state index contributed by atoms with van der Waals surface area (Å²) in [5.74, 6) is 0. The summed E-state index contributed by atoms with van der Waals surface area (Å²) in [7, 11) is 0. The highest BCUT2D eigenvalue weighted by molar-refractivity contribution is 6.10. The van der Waals surface area contributed by atoms with Crippen LogP contribution in [0.3, 0.4) is 0 Å². The minimum absolute atomic E-state index is 0.882. The number of para-hydroxylation sites is 2. The Morgan fingerprint density at radius 1 is 0.196 bits per heavy atom. The van der Waals surface area contributed by atoms with Gasteiger partial charge in [-0.15, -0.1) is 0 Å². The Kier molecular flexibility index (Phi) is 5.96. The molecule has 3 heterocycles. The highest BCUT2D eigenvalue weighted by Gasteiger charge is 2.14. The summed E-state index contributed by atoms with van der Waals surface area (Å²) in [5, 5.41) is 6.74. The van der Waals surface area contributed by atoms with Gasteiger partial charge in [-0.3, -0.25) is 0 Å². The fourth-order valence-electron chi connectivity index (χ4n) is 7.70. The second kappa shape index (κ2) is 10.8. The first-order valence-corrected chi connectivity index (χ1v) is 17.2. The molecule has 0 fully saturated rings. The van der Waals surface area contributed by atoms with Crippen molar-refractivity contribution in [2.24, 2.45) is 0 Å². The van der Waals surface area contributed by atoms with Crippen LogP contribution in [-0.2, 0) is 0 Å². The Balaban J connectivity index is 0.960. The Labute approximate surface area is 292 Å². The maximum absolute atomic E-state index is 6.32. The lowest BCUT2D eigenvalue weighted by atomic mass is 9.95. The third-order valence-corrected chi connectivity index (χ3v) is 10.3. The van der Waals surface area contributed by atoms with E-state index in [9.17, 15) is 0 Å². The third kappa shape index (κ3) is 4.52. The van der Waals surface area contributed by atoms with Crippen molar-refractivity contribution in [2.75, 3.05) is 0 Å². The molecule has 0 unspecified atom stereocenters. The van der Waals surface area contributed by atoms with E-state index < -0.39 is 0 Å². The van der Waals surface area contributed by atoms with Crippen LogP contribution in [0.5, 0.6) is 0 Å². The maximum Gasteiger partial charge on any atom is 0.135 e. The summed E-state index contributed by atoms with van der Waals surface area (Å²) in [6.07, 6.45) is 0. The van der Waals surface area contributed by atoms with Gasteiger partial charge in [-0.2, -0.15) is 0 Å². The van der Waals surface area contributed by atoms with Crippen LogP contribution < -0.4 is 0 Å². The van der Waals surface area contributed by atoms with E-state index in [0.717, 1.165) is 88.1 Å². The first kappa shape index (κ1) is 28.0. The summed E-state index contributed by atoms with van der Waals surface area (Å²) in [4.78, 5) is 0. The van der Waals surface area contributed by atoms with Crippen molar-refractivity contribution in [3.05, 3.63) is 170 Å². The molecular weight excluding hydrogens is 625 g/mol. The zero-order chi connectivity index (χ0) is 33.5. The molecule has 238 valence electrons. The molecule has 0 amide bonds.